The van der Waals surface area contributed by atoms with E-state index in [1.807, 2.05) is 49.4 Å². The molecule has 1 N–H and O–H groups in total. The summed E-state index contributed by atoms with van der Waals surface area (Å²) in [5.74, 6) is 0.190. The minimum Gasteiger partial charge on any atom is -0.507 e. The largest absolute Gasteiger partial charge is 0.507 e. The van der Waals surface area contributed by atoms with E-state index in [0.717, 1.165) is 83.8 Å². The van der Waals surface area contributed by atoms with Crippen LogP contribution in [0.2, 0.25) is 0 Å². The van der Waals surface area contributed by atoms with Crippen molar-refractivity contribution in [2.75, 3.05) is 0 Å². The number of aromatic hydroxyl groups is 1. The molecule has 0 amide bonds. The molecule has 5 nitrogen and oxygen atoms in total. The van der Waals surface area contributed by atoms with Crippen LogP contribution in [0.5, 0.6) is 5.75 Å². The normalized spacial score (nSPS) is 11.9. The molecule has 6 heteroatoms. The Morgan fingerprint density at radius 3 is 1.82 bits per heavy atom. The first kappa shape index (κ1) is 40.7. The van der Waals surface area contributed by atoms with Crippen molar-refractivity contribution in [1.82, 2.24) is 14.5 Å². The Hall–Kier alpha value is -6.03. The standard InChI is InChI=1S/C54H48N3O2.Pt/c1-33-24-39(49-23-22-48(57(49)8)36-20-21-43-42-16-10-12-19-51(42)59-52(43)31-36)30-45(55-33)34-14-13-15-35(25-34)46-28-38(29-47(56-46)44-17-9-11-18-50(44)58)37-26-40(53(2,3)4)32-41(27-37)54(5,6)7;/h9-24,26-32,58H,1-8H3;/q-1;. The number of phenolic OH excluding ortho intramolecular Hbond substituents is 1. The molecular weight excluding hydrogens is 918 g/mol. The van der Waals surface area contributed by atoms with Gasteiger partial charge >= 0.3 is 0 Å². The summed E-state index contributed by atoms with van der Waals surface area (Å²) in [6.45, 7) is 15.6. The average Bonchev–Trinajstić information content (AvgIpc) is 3.79. The first-order valence-electron chi connectivity index (χ1n) is 20.3. The quantitative estimate of drug-likeness (QED) is 0.169. The molecule has 0 aliphatic carbocycles. The molecule has 0 fully saturated rings. The number of nitrogens with zero attached hydrogens (tertiary/aromatic N) is 3. The molecule has 0 radical (unpaired) electrons. The number of benzene rings is 5. The summed E-state index contributed by atoms with van der Waals surface area (Å²) >= 11 is 0. The minimum absolute atomic E-state index is 0. The number of rotatable bonds is 6. The number of furan rings is 1. The monoisotopic (exact) mass is 965 g/mol. The molecule has 0 atom stereocenters. The average molecular weight is 966 g/mol. The third kappa shape index (κ3) is 7.75. The maximum atomic E-state index is 11.0. The Balaban J connectivity index is 0.00000499. The number of aryl methyl sites for hydroxylation is 1. The molecule has 0 saturated carbocycles. The second-order valence-electron chi connectivity index (χ2n) is 17.8. The second kappa shape index (κ2) is 15.5. The van der Waals surface area contributed by atoms with E-state index in [1.54, 1.807) is 6.07 Å². The molecule has 60 heavy (non-hydrogen) atoms. The van der Waals surface area contributed by atoms with Gasteiger partial charge in [0.2, 0.25) is 0 Å². The van der Waals surface area contributed by atoms with E-state index >= 15 is 0 Å². The van der Waals surface area contributed by atoms with Crippen LogP contribution in [-0.2, 0) is 38.9 Å². The molecule has 9 rings (SSSR count). The van der Waals surface area contributed by atoms with Gasteiger partial charge < -0.3 is 14.1 Å². The van der Waals surface area contributed by atoms with E-state index in [9.17, 15) is 5.11 Å². The number of phenols is 1. The minimum atomic E-state index is -0.0427. The summed E-state index contributed by atoms with van der Waals surface area (Å²) < 4.78 is 8.46. The van der Waals surface area contributed by atoms with Gasteiger partial charge in [0.15, 0.2) is 0 Å². The van der Waals surface area contributed by atoms with Crippen molar-refractivity contribution in [3.05, 3.63) is 162 Å². The third-order valence-electron chi connectivity index (χ3n) is 11.4. The Morgan fingerprint density at radius 1 is 0.533 bits per heavy atom. The number of aromatic nitrogens is 3. The van der Waals surface area contributed by atoms with Crippen LogP contribution < -0.4 is 0 Å². The van der Waals surface area contributed by atoms with Crippen molar-refractivity contribution in [2.24, 2.45) is 7.05 Å². The van der Waals surface area contributed by atoms with Gasteiger partial charge in [-0.1, -0.05) is 119 Å². The van der Waals surface area contributed by atoms with E-state index in [0.29, 0.717) is 11.3 Å². The fourth-order valence-electron chi connectivity index (χ4n) is 8.02. The summed E-state index contributed by atoms with van der Waals surface area (Å²) in [7, 11) is 2.11. The van der Waals surface area contributed by atoms with Crippen molar-refractivity contribution < 1.29 is 30.6 Å². The molecule has 4 aromatic heterocycles. The maximum Gasteiger partial charge on any atom is 0.136 e. The van der Waals surface area contributed by atoms with Gasteiger partial charge in [-0.25, -0.2) is 0 Å². The van der Waals surface area contributed by atoms with Gasteiger partial charge in [-0.2, -0.15) is 0 Å². The zero-order chi connectivity index (χ0) is 41.2. The van der Waals surface area contributed by atoms with E-state index in [-0.39, 0.29) is 37.6 Å². The summed E-state index contributed by atoms with van der Waals surface area (Å²) in [6, 6.07) is 51.7. The first-order chi connectivity index (χ1) is 28.2. The maximum absolute atomic E-state index is 11.0. The van der Waals surface area contributed by atoms with Crippen LogP contribution in [0.15, 0.2) is 144 Å². The first-order valence-corrected chi connectivity index (χ1v) is 20.3. The Bertz CT molecular complexity index is 3030. The molecule has 5 aromatic carbocycles. The Labute approximate surface area is 367 Å². The van der Waals surface area contributed by atoms with Gasteiger partial charge in [-0.05, 0) is 100 Å². The molecule has 0 saturated heterocycles. The van der Waals surface area contributed by atoms with Gasteiger partial charge in [-0.3, -0.25) is 9.97 Å². The van der Waals surface area contributed by atoms with E-state index < -0.39 is 0 Å². The molecule has 0 aliphatic rings. The Kier molecular flexibility index (Phi) is 10.5. The number of para-hydroxylation sites is 2. The van der Waals surface area contributed by atoms with Crippen LogP contribution in [0.4, 0.5) is 0 Å². The van der Waals surface area contributed by atoms with Gasteiger partial charge in [0.05, 0.1) is 5.69 Å². The summed E-state index contributed by atoms with van der Waals surface area (Å²) in [6.07, 6.45) is 0. The van der Waals surface area contributed by atoms with Gasteiger partial charge in [-0.15, -0.1) is 24.3 Å². The van der Waals surface area contributed by atoms with Crippen molar-refractivity contribution in [1.29, 1.82) is 0 Å². The second-order valence-corrected chi connectivity index (χ2v) is 17.8. The van der Waals surface area contributed by atoms with Crippen molar-refractivity contribution in [2.45, 2.75) is 59.3 Å². The summed E-state index contributed by atoms with van der Waals surface area (Å²) in [5, 5.41) is 13.3. The third-order valence-corrected chi connectivity index (χ3v) is 11.4. The van der Waals surface area contributed by atoms with Crippen molar-refractivity contribution in [3.8, 4) is 73.2 Å². The molecule has 302 valence electrons. The van der Waals surface area contributed by atoms with Crippen LogP contribution in [-0.4, -0.2) is 19.6 Å². The van der Waals surface area contributed by atoms with Crippen molar-refractivity contribution in [3.63, 3.8) is 0 Å². The number of fused-ring (bicyclic) bond motifs is 3. The van der Waals surface area contributed by atoms with E-state index in [4.69, 9.17) is 14.4 Å². The van der Waals surface area contributed by atoms with E-state index in [2.05, 4.69) is 150 Å². The zero-order valence-electron chi connectivity index (χ0n) is 35.3. The number of hydrogen-bond donors (Lipinski definition) is 1. The van der Waals surface area contributed by atoms with Crippen LogP contribution in [0.25, 0.3) is 89.4 Å². The molecule has 0 unspecified atom stereocenters. The zero-order valence-corrected chi connectivity index (χ0v) is 37.6. The Morgan fingerprint density at radius 2 is 1.12 bits per heavy atom. The predicted molar refractivity (Wildman–Crippen MR) is 244 cm³/mol. The van der Waals surface area contributed by atoms with E-state index in [1.165, 1.54) is 11.1 Å². The summed E-state index contributed by atoms with van der Waals surface area (Å²) in [4.78, 5) is 10.2. The summed E-state index contributed by atoms with van der Waals surface area (Å²) in [5.41, 5.74) is 16.3. The van der Waals surface area contributed by atoms with Gasteiger partial charge in [0.25, 0.3) is 0 Å². The van der Waals surface area contributed by atoms with Crippen LogP contribution >= 0.6 is 0 Å². The topological polar surface area (TPSA) is 64.1 Å². The number of pyridine rings is 2. The predicted octanol–water partition coefficient (Wildman–Crippen LogP) is 14.1. The van der Waals surface area contributed by atoms with Gasteiger partial charge in [0, 0.05) is 78.5 Å². The molecule has 4 heterocycles. The van der Waals surface area contributed by atoms with Crippen LogP contribution in [0.3, 0.4) is 0 Å². The smallest absolute Gasteiger partial charge is 0.136 e. The molecule has 0 spiro atoms. The molecule has 0 aliphatic heterocycles. The molecule has 0 bridgehead atoms. The fraction of sp³-hybridized carbons (Fsp3) is 0.185. The fourth-order valence-corrected chi connectivity index (χ4v) is 8.02. The molecule has 9 aromatic rings. The van der Waals surface area contributed by atoms with Crippen molar-refractivity contribution >= 4 is 21.9 Å². The van der Waals surface area contributed by atoms with Gasteiger partial charge in [0.1, 0.15) is 16.9 Å². The number of hydrogen-bond acceptors (Lipinski definition) is 4. The molecular formula is C54H48N3O2Pt-. The van der Waals surface area contributed by atoms with Crippen LogP contribution in [0.1, 0.15) is 58.4 Å². The van der Waals surface area contributed by atoms with Crippen LogP contribution in [0, 0.1) is 13.0 Å². The SMILES string of the molecule is Cc1cc(-c2ccc(-c3ccc4c(c3)oc3ccccc34)n2C)cc(-c2[c-]c(-c3cc(-c4cc(C(C)(C)C)cc(C(C)(C)C)c4)cc(-c4ccccc4O)n3)ccc2)n1.[Pt].